The van der Waals surface area contributed by atoms with Crippen LogP contribution in [-0.2, 0) is 6.18 Å². The lowest BCUT2D eigenvalue weighted by Crippen LogP contribution is -2.08. The van der Waals surface area contributed by atoms with E-state index in [0.717, 1.165) is 11.6 Å². The van der Waals surface area contributed by atoms with E-state index >= 15 is 0 Å². The van der Waals surface area contributed by atoms with Crippen LogP contribution >= 0.6 is 0 Å². The normalized spacial score (nSPS) is 11.5. The fourth-order valence-corrected chi connectivity index (χ4v) is 2.45. The average Bonchev–Trinajstić information content (AvgIpc) is 3.05. The van der Waals surface area contributed by atoms with Gasteiger partial charge in [-0.2, -0.15) is 18.2 Å². The molecule has 27 heavy (non-hydrogen) atoms. The predicted octanol–water partition coefficient (Wildman–Crippen LogP) is 4.91. The number of nitrogens with one attached hydrogen (secondary N) is 2. The van der Waals surface area contributed by atoms with Crippen LogP contribution in [0.15, 0.2) is 60.9 Å². The largest absolute Gasteiger partial charge is 0.438 e. The van der Waals surface area contributed by atoms with Crippen LogP contribution in [0.1, 0.15) is 5.56 Å². The summed E-state index contributed by atoms with van der Waals surface area (Å²) < 4.78 is 44.3. The van der Waals surface area contributed by atoms with Gasteiger partial charge in [-0.05, 0) is 48.5 Å². The van der Waals surface area contributed by atoms with Crippen LogP contribution in [0, 0.1) is 0 Å². The third-order valence-electron chi connectivity index (χ3n) is 3.67. The quantitative estimate of drug-likeness (QED) is 0.533. The standard InChI is InChI=1S/C18H12F3N5O/c19-18(20,21)13-3-1-10-23-16(13)27-12-7-5-11(6-8-12)24-17-25-14-4-2-9-22-15(14)26-17/h1-10H,(H2,22,24,25,26). The molecular formula is C18H12F3N5O. The molecule has 0 bridgehead atoms. The molecule has 0 amide bonds. The Morgan fingerprint density at radius 3 is 2.41 bits per heavy atom. The summed E-state index contributed by atoms with van der Waals surface area (Å²) in [7, 11) is 0. The highest BCUT2D eigenvalue weighted by atomic mass is 19.4. The van der Waals surface area contributed by atoms with Gasteiger partial charge in [0.05, 0.1) is 5.52 Å². The van der Waals surface area contributed by atoms with E-state index in [4.69, 9.17) is 4.74 Å². The number of benzene rings is 1. The molecule has 6 nitrogen and oxygen atoms in total. The van der Waals surface area contributed by atoms with Crippen molar-refractivity contribution in [3.05, 3.63) is 66.5 Å². The molecule has 4 aromatic rings. The maximum Gasteiger partial charge on any atom is 0.421 e. The van der Waals surface area contributed by atoms with E-state index in [2.05, 4.69) is 25.3 Å². The second kappa shape index (κ2) is 6.60. The molecule has 0 aliphatic heterocycles. The molecule has 3 aromatic heterocycles. The Morgan fingerprint density at radius 2 is 1.67 bits per heavy atom. The molecule has 3 heterocycles. The highest BCUT2D eigenvalue weighted by Crippen LogP contribution is 2.36. The molecule has 0 spiro atoms. The van der Waals surface area contributed by atoms with Crippen LogP contribution in [0.4, 0.5) is 24.8 Å². The van der Waals surface area contributed by atoms with Gasteiger partial charge in [0.25, 0.3) is 0 Å². The SMILES string of the molecule is FC(F)(F)c1cccnc1Oc1ccc(Nc2nc3ncccc3[nH]2)cc1. The Kier molecular flexibility index (Phi) is 4.11. The van der Waals surface area contributed by atoms with Crippen molar-refractivity contribution in [3.63, 3.8) is 0 Å². The summed E-state index contributed by atoms with van der Waals surface area (Å²) in [5.74, 6) is 0.242. The van der Waals surface area contributed by atoms with Crippen LogP contribution < -0.4 is 10.1 Å². The van der Waals surface area contributed by atoms with Gasteiger partial charge in [-0.15, -0.1) is 0 Å². The lowest BCUT2D eigenvalue weighted by Gasteiger charge is -2.12. The molecule has 0 radical (unpaired) electrons. The molecule has 0 fully saturated rings. The van der Waals surface area contributed by atoms with Gasteiger partial charge in [0.15, 0.2) is 5.65 Å². The average molecular weight is 371 g/mol. The molecular weight excluding hydrogens is 359 g/mol. The first kappa shape index (κ1) is 16.8. The number of rotatable bonds is 4. The molecule has 0 atom stereocenters. The van der Waals surface area contributed by atoms with Crippen molar-refractivity contribution in [2.75, 3.05) is 5.32 Å². The number of hydrogen-bond donors (Lipinski definition) is 2. The number of aromatic amines is 1. The number of imidazole rings is 1. The molecule has 4 rings (SSSR count). The Balaban J connectivity index is 1.51. The van der Waals surface area contributed by atoms with E-state index in [1.807, 2.05) is 6.07 Å². The summed E-state index contributed by atoms with van der Waals surface area (Å²) in [6.45, 7) is 0. The number of ether oxygens (including phenoxy) is 1. The zero-order valence-electron chi connectivity index (χ0n) is 13.7. The number of hydrogen-bond acceptors (Lipinski definition) is 5. The zero-order valence-corrected chi connectivity index (χ0v) is 13.7. The number of aromatic nitrogens is 4. The molecule has 2 N–H and O–H groups in total. The van der Waals surface area contributed by atoms with Crippen molar-refractivity contribution < 1.29 is 17.9 Å². The topological polar surface area (TPSA) is 75.7 Å². The highest BCUT2D eigenvalue weighted by Gasteiger charge is 2.35. The van der Waals surface area contributed by atoms with Crippen molar-refractivity contribution in [2.24, 2.45) is 0 Å². The molecule has 9 heteroatoms. The number of alkyl halides is 3. The van der Waals surface area contributed by atoms with Gasteiger partial charge in [-0.3, -0.25) is 0 Å². The predicted molar refractivity (Wildman–Crippen MR) is 92.9 cm³/mol. The first-order chi connectivity index (χ1) is 13.0. The molecule has 0 aliphatic carbocycles. The number of halogens is 3. The van der Waals surface area contributed by atoms with Gasteiger partial charge in [-0.25, -0.2) is 9.97 Å². The van der Waals surface area contributed by atoms with Crippen LogP contribution in [0.5, 0.6) is 11.6 Å². The first-order valence-corrected chi connectivity index (χ1v) is 7.87. The van der Waals surface area contributed by atoms with E-state index in [-0.39, 0.29) is 5.75 Å². The molecule has 0 saturated carbocycles. The molecule has 0 aliphatic rings. The molecule has 0 saturated heterocycles. The lowest BCUT2D eigenvalue weighted by atomic mass is 10.2. The molecule has 1 aromatic carbocycles. The summed E-state index contributed by atoms with van der Waals surface area (Å²) in [5.41, 5.74) is 1.12. The zero-order chi connectivity index (χ0) is 18.9. The van der Waals surface area contributed by atoms with Crippen molar-refractivity contribution >= 4 is 22.8 Å². The minimum atomic E-state index is -4.54. The third kappa shape index (κ3) is 3.66. The Labute approximate surface area is 151 Å². The monoisotopic (exact) mass is 371 g/mol. The van der Waals surface area contributed by atoms with E-state index in [1.165, 1.54) is 24.4 Å². The Hall–Kier alpha value is -3.62. The van der Waals surface area contributed by atoms with E-state index in [9.17, 15) is 13.2 Å². The second-order valence-electron chi connectivity index (χ2n) is 5.57. The van der Waals surface area contributed by atoms with Gasteiger partial charge in [0.2, 0.25) is 11.8 Å². The van der Waals surface area contributed by atoms with E-state index < -0.39 is 17.6 Å². The van der Waals surface area contributed by atoms with Gasteiger partial charge >= 0.3 is 6.18 Å². The fourth-order valence-electron chi connectivity index (χ4n) is 2.45. The van der Waals surface area contributed by atoms with Gasteiger partial charge in [0, 0.05) is 18.1 Å². The van der Waals surface area contributed by atoms with Gasteiger partial charge in [0.1, 0.15) is 11.3 Å². The number of anilines is 2. The smallest absolute Gasteiger partial charge is 0.421 e. The van der Waals surface area contributed by atoms with Crippen molar-refractivity contribution in [1.82, 2.24) is 19.9 Å². The maximum absolute atomic E-state index is 13.0. The minimum Gasteiger partial charge on any atom is -0.438 e. The maximum atomic E-state index is 13.0. The summed E-state index contributed by atoms with van der Waals surface area (Å²) in [4.78, 5) is 15.2. The Morgan fingerprint density at radius 1 is 0.926 bits per heavy atom. The van der Waals surface area contributed by atoms with Crippen molar-refractivity contribution in [3.8, 4) is 11.6 Å². The number of fused-ring (bicyclic) bond motifs is 1. The van der Waals surface area contributed by atoms with Crippen LogP contribution in [0.2, 0.25) is 0 Å². The molecule has 0 unspecified atom stereocenters. The van der Waals surface area contributed by atoms with Crippen LogP contribution in [0.25, 0.3) is 11.2 Å². The second-order valence-corrected chi connectivity index (χ2v) is 5.57. The highest BCUT2D eigenvalue weighted by molar-refractivity contribution is 5.74. The number of nitrogens with zero attached hydrogens (tertiary/aromatic N) is 3. The molecule has 136 valence electrons. The first-order valence-electron chi connectivity index (χ1n) is 7.87. The summed E-state index contributed by atoms with van der Waals surface area (Å²) in [6.07, 6.45) is -1.65. The van der Waals surface area contributed by atoms with Crippen LogP contribution in [-0.4, -0.2) is 19.9 Å². The van der Waals surface area contributed by atoms with Crippen molar-refractivity contribution in [2.45, 2.75) is 6.18 Å². The minimum absolute atomic E-state index is 0.232. The number of H-pyrrole nitrogens is 1. The Bertz CT molecular complexity index is 1040. The van der Waals surface area contributed by atoms with Crippen molar-refractivity contribution in [1.29, 1.82) is 0 Å². The fraction of sp³-hybridized carbons (Fsp3) is 0.0556. The van der Waals surface area contributed by atoms with E-state index in [0.29, 0.717) is 17.3 Å². The van der Waals surface area contributed by atoms with Crippen LogP contribution in [0.3, 0.4) is 0 Å². The summed E-state index contributed by atoms with van der Waals surface area (Å²) in [5, 5.41) is 3.06. The number of pyridine rings is 2. The summed E-state index contributed by atoms with van der Waals surface area (Å²) >= 11 is 0. The third-order valence-corrected chi connectivity index (χ3v) is 3.67. The summed E-state index contributed by atoms with van der Waals surface area (Å²) in [6, 6.07) is 12.2. The lowest BCUT2D eigenvalue weighted by molar-refractivity contribution is -0.138. The van der Waals surface area contributed by atoms with Gasteiger partial charge < -0.3 is 15.0 Å². The van der Waals surface area contributed by atoms with E-state index in [1.54, 1.807) is 24.4 Å². The van der Waals surface area contributed by atoms with Gasteiger partial charge in [-0.1, -0.05) is 0 Å².